The lowest BCUT2D eigenvalue weighted by Gasteiger charge is -2.02. The van der Waals surface area contributed by atoms with Crippen molar-refractivity contribution in [2.75, 3.05) is 5.43 Å². The first kappa shape index (κ1) is 12.3. The van der Waals surface area contributed by atoms with E-state index in [2.05, 4.69) is 44.0 Å². The Hall–Kier alpha value is -1.18. The van der Waals surface area contributed by atoms with Gasteiger partial charge in [0.25, 0.3) is 0 Å². The molecule has 0 atom stereocenters. The van der Waals surface area contributed by atoms with Crippen LogP contribution >= 0.6 is 39.5 Å². The van der Waals surface area contributed by atoms with Crippen molar-refractivity contribution >= 4 is 49.7 Å². The van der Waals surface area contributed by atoms with Gasteiger partial charge in [-0.15, -0.1) is 11.3 Å². The molecule has 0 spiro atoms. The van der Waals surface area contributed by atoms with Gasteiger partial charge in [-0.05, 0) is 24.4 Å². The third-order valence-electron chi connectivity index (χ3n) is 1.94. The van der Waals surface area contributed by atoms with Crippen molar-refractivity contribution in [3.05, 3.63) is 34.1 Å². The molecular weight excluding hydrogens is 320 g/mol. The molecule has 88 valence electrons. The third kappa shape index (κ3) is 3.39. The Labute approximate surface area is 116 Å². The molecule has 0 fully saturated rings. The fourth-order valence-electron chi connectivity index (χ4n) is 1.20. The van der Waals surface area contributed by atoms with Crippen molar-refractivity contribution in [2.24, 2.45) is 5.73 Å². The van der Waals surface area contributed by atoms with Crippen LogP contribution < -0.4 is 16.6 Å². The highest BCUT2D eigenvalue weighted by atomic mass is 79.9. The highest BCUT2D eigenvalue weighted by Crippen LogP contribution is 2.25. The Kier molecular flexibility index (Phi) is 3.93. The first-order valence-electron chi connectivity index (χ1n) is 4.68. The van der Waals surface area contributed by atoms with Gasteiger partial charge in [0.05, 0.1) is 5.69 Å². The van der Waals surface area contributed by atoms with E-state index in [4.69, 9.17) is 5.73 Å². The maximum atomic E-state index is 5.30. The topological polar surface area (TPSA) is 63.0 Å². The van der Waals surface area contributed by atoms with Crippen molar-refractivity contribution in [1.82, 2.24) is 10.4 Å². The van der Waals surface area contributed by atoms with Crippen LogP contribution in [-0.2, 0) is 0 Å². The first-order chi connectivity index (χ1) is 8.15. The molecule has 0 radical (unpaired) electrons. The maximum Gasteiger partial charge on any atom is 0.202 e. The zero-order chi connectivity index (χ0) is 12.3. The number of nitrogens with zero attached hydrogens (tertiary/aromatic N) is 1. The van der Waals surface area contributed by atoms with Crippen LogP contribution in [0.3, 0.4) is 0 Å². The zero-order valence-corrected chi connectivity index (χ0v) is 11.8. The lowest BCUT2D eigenvalue weighted by molar-refractivity contribution is 1.11. The normalized spacial score (nSPS) is 9.94. The number of halogens is 1. The second kappa shape index (κ2) is 5.44. The molecule has 0 bridgehead atoms. The molecule has 17 heavy (non-hydrogen) atoms. The van der Waals surface area contributed by atoms with Crippen LogP contribution in [-0.4, -0.2) is 10.1 Å². The Morgan fingerprint density at radius 2 is 2.06 bits per heavy atom. The summed E-state index contributed by atoms with van der Waals surface area (Å²) in [6, 6.07) is 7.97. The highest BCUT2D eigenvalue weighted by Gasteiger charge is 2.03. The number of hydrogen-bond acceptors (Lipinski definition) is 4. The number of thiocarbonyl (C=S) groups is 1. The van der Waals surface area contributed by atoms with Crippen LogP contribution in [0.5, 0.6) is 0 Å². The molecular formula is C10H9BrN4S2. The minimum atomic E-state index is 0.186. The molecule has 1 heterocycles. The largest absolute Gasteiger partial charge is 0.375 e. The van der Waals surface area contributed by atoms with Crippen LogP contribution in [0, 0.1) is 0 Å². The van der Waals surface area contributed by atoms with E-state index in [9.17, 15) is 0 Å². The molecule has 0 saturated carbocycles. The fourth-order valence-corrected chi connectivity index (χ4v) is 2.19. The molecule has 0 aliphatic rings. The summed E-state index contributed by atoms with van der Waals surface area (Å²) >= 11 is 9.56. The minimum Gasteiger partial charge on any atom is -0.375 e. The zero-order valence-electron chi connectivity index (χ0n) is 8.61. The molecule has 0 saturated heterocycles. The summed E-state index contributed by atoms with van der Waals surface area (Å²) in [5, 5.41) is 2.87. The Bertz CT molecular complexity index is 523. The van der Waals surface area contributed by atoms with E-state index in [1.165, 1.54) is 11.3 Å². The summed E-state index contributed by atoms with van der Waals surface area (Å²) in [6.07, 6.45) is 0. The van der Waals surface area contributed by atoms with Crippen LogP contribution in [0.1, 0.15) is 0 Å². The molecule has 4 nitrogen and oxygen atoms in total. The molecule has 2 rings (SSSR count). The van der Waals surface area contributed by atoms with E-state index in [0.29, 0.717) is 0 Å². The van der Waals surface area contributed by atoms with Gasteiger partial charge in [-0.1, -0.05) is 28.1 Å². The molecule has 2 aromatic rings. The molecule has 0 aliphatic heterocycles. The van der Waals surface area contributed by atoms with Crippen molar-refractivity contribution in [3.8, 4) is 11.3 Å². The molecule has 0 amide bonds. The number of hydrogen-bond donors (Lipinski definition) is 3. The Morgan fingerprint density at radius 3 is 2.71 bits per heavy atom. The number of thiazole rings is 1. The molecule has 7 heteroatoms. The third-order valence-corrected chi connectivity index (χ3v) is 3.33. The SMILES string of the molecule is NC(=S)NNc1nc(-c2ccc(Br)cc2)cs1. The summed E-state index contributed by atoms with van der Waals surface area (Å²) in [5.41, 5.74) is 12.7. The van der Waals surface area contributed by atoms with Gasteiger partial charge in [-0.3, -0.25) is 10.9 Å². The van der Waals surface area contributed by atoms with Gasteiger partial charge in [0, 0.05) is 15.4 Å². The number of benzene rings is 1. The average molecular weight is 329 g/mol. The van der Waals surface area contributed by atoms with E-state index >= 15 is 0 Å². The van der Waals surface area contributed by atoms with Gasteiger partial charge in [-0.25, -0.2) is 4.98 Å². The predicted molar refractivity (Wildman–Crippen MR) is 78.8 cm³/mol. The van der Waals surface area contributed by atoms with E-state index in [0.717, 1.165) is 20.9 Å². The number of nitrogens with one attached hydrogen (secondary N) is 2. The van der Waals surface area contributed by atoms with Gasteiger partial charge < -0.3 is 5.73 Å². The highest BCUT2D eigenvalue weighted by molar-refractivity contribution is 9.10. The van der Waals surface area contributed by atoms with E-state index in [1.807, 2.05) is 29.6 Å². The molecule has 0 unspecified atom stereocenters. The molecule has 4 N–H and O–H groups in total. The average Bonchev–Trinajstić information content (AvgIpc) is 2.76. The minimum absolute atomic E-state index is 0.186. The predicted octanol–water partition coefficient (Wildman–Crippen LogP) is 2.73. The van der Waals surface area contributed by atoms with Gasteiger partial charge in [0.1, 0.15) is 0 Å². The summed E-state index contributed by atoms with van der Waals surface area (Å²) in [6.45, 7) is 0. The number of hydrazine groups is 1. The maximum absolute atomic E-state index is 5.30. The standard InChI is InChI=1S/C10H9BrN4S2/c11-7-3-1-6(2-4-7)8-5-17-10(13-8)15-14-9(12)16/h1-5H,(H,13,15)(H3,12,14,16). The van der Waals surface area contributed by atoms with Gasteiger partial charge in [0.2, 0.25) is 5.13 Å². The quantitative estimate of drug-likeness (QED) is 0.597. The summed E-state index contributed by atoms with van der Waals surface area (Å²) in [4.78, 5) is 4.40. The number of aromatic nitrogens is 1. The smallest absolute Gasteiger partial charge is 0.202 e. The number of nitrogens with two attached hydrogens (primary N) is 1. The fraction of sp³-hybridized carbons (Fsp3) is 0. The molecule has 1 aromatic carbocycles. The number of rotatable bonds is 3. The van der Waals surface area contributed by atoms with Crippen molar-refractivity contribution in [3.63, 3.8) is 0 Å². The Morgan fingerprint density at radius 1 is 1.35 bits per heavy atom. The van der Waals surface area contributed by atoms with Crippen LogP contribution in [0.15, 0.2) is 34.1 Å². The molecule has 0 aliphatic carbocycles. The van der Waals surface area contributed by atoms with Crippen LogP contribution in [0.25, 0.3) is 11.3 Å². The second-order valence-electron chi connectivity index (χ2n) is 3.16. The van der Waals surface area contributed by atoms with E-state index in [-0.39, 0.29) is 5.11 Å². The first-order valence-corrected chi connectivity index (χ1v) is 6.76. The van der Waals surface area contributed by atoms with E-state index in [1.54, 1.807) is 0 Å². The van der Waals surface area contributed by atoms with E-state index < -0.39 is 0 Å². The lowest BCUT2D eigenvalue weighted by Crippen LogP contribution is -2.33. The number of anilines is 1. The molecule has 1 aromatic heterocycles. The summed E-state index contributed by atoms with van der Waals surface area (Å²) in [7, 11) is 0. The second-order valence-corrected chi connectivity index (χ2v) is 5.37. The lowest BCUT2D eigenvalue weighted by atomic mass is 10.2. The van der Waals surface area contributed by atoms with Crippen LogP contribution in [0.4, 0.5) is 5.13 Å². The Balaban J connectivity index is 2.12. The van der Waals surface area contributed by atoms with Gasteiger partial charge >= 0.3 is 0 Å². The van der Waals surface area contributed by atoms with Gasteiger partial charge in [-0.2, -0.15) is 0 Å². The van der Waals surface area contributed by atoms with Crippen molar-refractivity contribution < 1.29 is 0 Å². The summed E-state index contributed by atoms with van der Waals surface area (Å²) < 4.78 is 1.05. The van der Waals surface area contributed by atoms with Crippen molar-refractivity contribution in [1.29, 1.82) is 0 Å². The van der Waals surface area contributed by atoms with Crippen molar-refractivity contribution in [2.45, 2.75) is 0 Å². The monoisotopic (exact) mass is 328 g/mol. The summed E-state index contributed by atoms with van der Waals surface area (Å²) in [5.74, 6) is 0. The van der Waals surface area contributed by atoms with Gasteiger partial charge in [0.15, 0.2) is 5.11 Å². The van der Waals surface area contributed by atoms with Crippen LogP contribution in [0.2, 0.25) is 0 Å².